The van der Waals surface area contributed by atoms with Crippen LogP contribution in [0.3, 0.4) is 0 Å². The Bertz CT molecular complexity index is 643. The van der Waals surface area contributed by atoms with E-state index in [4.69, 9.17) is 4.74 Å². The summed E-state index contributed by atoms with van der Waals surface area (Å²) in [4.78, 5) is 16.3. The zero-order chi connectivity index (χ0) is 13.9. The van der Waals surface area contributed by atoms with Crippen LogP contribution in [0, 0.1) is 0 Å². The minimum Gasteiger partial charge on any atom is -0.504 e. The molecule has 0 saturated heterocycles. The van der Waals surface area contributed by atoms with Gasteiger partial charge in [-0.2, -0.15) is 0 Å². The van der Waals surface area contributed by atoms with Crippen LogP contribution in [0.5, 0.6) is 11.5 Å². The molecule has 5 heteroatoms. The Morgan fingerprint density at radius 1 is 1.30 bits per heavy atom. The number of hydrogen-bond acceptors (Lipinski definition) is 4. The first kappa shape index (κ1) is 12.5. The number of nitrogens with one attached hydrogen (secondary N) is 1. The Labute approximate surface area is 116 Å². The summed E-state index contributed by atoms with van der Waals surface area (Å²) in [6.45, 7) is 0.503. The van der Waals surface area contributed by atoms with Crippen LogP contribution in [0.1, 0.15) is 17.9 Å². The fourth-order valence-electron chi connectivity index (χ4n) is 2.31. The average molecular weight is 270 g/mol. The fourth-order valence-corrected chi connectivity index (χ4v) is 2.31. The molecule has 102 valence electrons. The molecule has 1 aliphatic rings. The van der Waals surface area contributed by atoms with Crippen molar-refractivity contribution in [3.05, 3.63) is 48.2 Å². The van der Waals surface area contributed by atoms with Crippen molar-refractivity contribution in [2.75, 3.05) is 11.9 Å². The van der Waals surface area contributed by atoms with Crippen molar-refractivity contribution in [2.24, 2.45) is 0 Å². The summed E-state index contributed by atoms with van der Waals surface area (Å²) in [6.07, 6.45) is 2.13. The molecular weight excluding hydrogens is 256 g/mol. The molecule has 0 saturated carbocycles. The molecule has 0 radical (unpaired) electrons. The number of ether oxygens (including phenoxy) is 1. The number of anilines is 1. The Kier molecular flexibility index (Phi) is 3.25. The Morgan fingerprint density at radius 2 is 2.15 bits per heavy atom. The van der Waals surface area contributed by atoms with E-state index in [9.17, 15) is 9.90 Å². The maximum atomic E-state index is 12.4. The number of fused-ring (bicyclic) bond motifs is 1. The van der Waals surface area contributed by atoms with Crippen LogP contribution in [-0.2, 0) is 4.79 Å². The number of nitrogens with zero attached hydrogens (tertiary/aromatic N) is 1. The van der Waals surface area contributed by atoms with Gasteiger partial charge in [-0.3, -0.25) is 4.79 Å². The topological polar surface area (TPSA) is 71.5 Å². The van der Waals surface area contributed by atoms with Crippen LogP contribution in [0.15, 0.2) is 42.6 Å². The van der Waals surface area contributed by atoms with Crippen molar-refractivity contribution in [3.8, 4) is 11.5 Å². The van der Waals surface area contributed by atoms with Gasteiger partial charge in [-0.05, 0) is 24.6 Å². The molecule has 0 bridgehead atoms. The van der Waals surface area contributed by atoms with Crippen LogP contribution < -0.4 is 10.1 Å². The number of aromatic nitrogens is 1. The van der Waals surface area contributed by atoms with Crippen LogP contribution in [0.4, 0.5) is 5.82 Å². The fraction of sp³-hybridized carbons (Fsp3) is 0.200. The van der Waals surface area contributed by atoms with Crippen molar-refractivity contribution in [1.82, 2.24) is 4.98 Å². The predicted octanol–water partition coefficient (Wildman–Crippen LogP) is 2.29. The molecule has 2 N–H and O–H groups in total. The summed E-state index contributed by atoms with van der Waals surface area (Å²) in [5, 5.41) is 12.3. The number of benzene rings is 1. The van der Waals surface area contributed by atoms with E-state index in [1.165, 1.54) is 12.3 Å². The van der Waals surface area contributed by atoms with Crippen molar-refractivity contribution in [1.29, 1.82) is 0 Å². The molecule has 2 aromatic rings. The molecule has 0 spiro atoms. The standard InChI is InChI=1S/C15H14N2O3/c18-12-5-3-8-16-14(12)17-15(19)11-7-9-20-13-6-2-1-4-10(11)13/h1-6,8,11,18H,7,9H2,(H,16,17,19)/t11-/m0/s1. The Hall–Kier alpha value is -2.56. The van der Waals surface area contributed by atoms with E-state index in [-0.39, 0.29) is 23.4 Å². The Balaban J connectivity index is 1.84. The number of rotatable bonds is 2. The lowest BCUT2D eigenvalue weighted by molar-refractivity contribution is -0.118. The second-order valence-corrected chi connectivity index (χ2v) is 4.59. The quantitative estimate of drug-likeness (QED) is 0.878. The van der Waals surface area contributed by atoms with E-state index in [1.54, 1.807) is 6.07 Å². The normalized spacial score (nSPS) is 16.9. The highest BCUT2D eigenvalue weighted by molar-refractivity contribution is 5.96. The second-order valence-electron chi connectivity index (χ2n) is 4.59. The number of pyridine rings is 1. The molecule has 3 rings (SSSR count). The lowest BCUT2D eigenvalue weighted by atomic mass is 9.92. The SMILES string of the molecule is O=C(Nc1ncccc1O)[C@H]1CCOc2ccccc21. The van der Waals surface area contributed by atoms with Crippen molar-refractivity contribution < 1.29 is 14.6 Å². The van der Waals surface area contributed by atoms with Gasteiger partial charge in [0.05, 0.1) is 12.5 Å². The van der Waals surface area contributed by atoms with Gasteiger partial charge in [0.1, 0.15) is 5.75 Å². The first-order valence-electron chi connectivity index (χ1n) is 6.42. The molecule has 0 fully saturated rings. The molecule has 1 atom stereocenters. The monoisotopic (exact) mass is 270 g/mol. The molecule has 1 amide bonds. The first-order valence-corrected chi connectivity index (χ1v) is 6.42. The highest BCUT2D eigenvalue weighted by Crippen LogP contribution is 2.34. The maximum Gasteiger partial charge on any atom is 0.233 e. The number of carbonyl (C=O) groups excluding carboxylic acids is 1. The Morgan fingerprint density at radius 3 is 3.00 bits per heavy atom. The maximum absolute atomic E-state index is 12.4. The third kappa shape index (κ3) is 2.30. The van der Waals surface area contributed by atoms with Crippen molar-refractivity contribution in [2.45, 2.75) is 12.3 Å². The average Bonchev–Trinajstić information content (AvgIpc) is 2.49. The number of carbonyl (C=O) groups is 1. The summed E-state index contributed by atoms with van der Waals surface area (Å²) in [5.41, 5.74) is 0.867. The van der Waals surface area contributed by atoms with Gasteiger partial charge in [0.25, 0.3) is 0 Å². The van der Waals surface area contributed by atoms with E-state index in [1.807, 2.05) is 24.3 Å². The molecule has 2 heterocycles. The van der Waals surface area contributed by atoms with Crippen molar-refractivity contribution >= 4 is 11.7 Å². The van der Waals surface area contributed by atoms with E-state index in [0.29, 0.717) is 13.0 Å². The number of hydrogen-bond donors (Lipinski definition) is 2. The van der Waals surface area contributed by atoms with Crippen LogP contribution in [0.2, 0.25) is 0 Å². The third-order valence-electron chi connectivity index (χ3n) is 3.30. The summed E-state index contributed by atoms with van der Waals surface area (Å²) < 4.78 is 5.53. The van der Waals surface area contributed by atoms with Crippen LogP contribution in [0.25, 0.3) is 0 Å². The zero-order valence-corrected chi connectivity index (χ0v) is 10.7. The molecule has 1 aliphatic heterocycles. The van der Waals surface area contributed by atoms with Gasteiger partial charge in [0.2, 0.25) is 5.91 Å². The molecule has 20 heavy (non-hydrogen) atoms. The van der Waals surface area contributed by atoms with Gasteiger partial charge in [0, 0.05) is 11.8 Å². The predicted molar refractivity (Wildman–Crippen MR) is 73.8 cm³/mol. The van der Waals surface area contributed by atoms with Gasteiger partial charge in [-0.1, -0.05) is 18.2 Å². The van der Waals surface area contributed by atoms with Gasteiger partial charge in [-0.25, -0.2) is 4.98 Å². The molecule has 0 aliphatic carbocycles. The highest BCUT2D eigenvalue weighted by Gasteiger charge is 2.28. The van der Waals surface area contributed by atoms with E-state index >= 15 is 0 Å². The summed E-state index contributed by atoms with van der Waals surface area (Å²) in [5.74, 6) is 0.405. The second kappa shape index (κ2) is 5.21. The third-order valence-corrected chi connectivity index (χ3v) is 3.30. The summed E-state index contributed by atoms with van der Waals surface area (Å²) >= 11 is 0. The van der Waals surface area contributed by atoms with Gasteiger partial charge >= 0.3 is 0 Å². The lowest BCUT2D eigenvalue weighted by Gasteiger charge is -2.24. The van der Waals surface area contributed by atoms with Gasteiger partial charge in [0.15, 0.2) is 11.6 Å². The minimum absolute atomic E-state index is 0.0406. The number of aromatic hydroxyl groups is 1. The van der Waals surface area contributed by atoms with Gasteiger partial charge in [-0.15, -0.1) is 0 Å². The molecule has 5 nitrogen and oxygen atoms in total. The van der Waals surface area contributed by atoms with E-state index < -0.39 is 0 Å². The molecule has 0 unspecified atom stereocenters. The van der Waals surface area contributed by atoms with E-state index in [2.05, 4.69) is 10.3 Å². The number of para-hydroxylation sites is 1. The molecular formula is C15H14N2O3. The van der Waals surface area contributed by atoms with Crippen LogP contribution in [-0.4, -0.2) is 22.6 Å². The summed E-state index contributed by atoms with van der Waals surface area (Å²) in [7, 11) is 0. The lowest BCUT2D eigenvalue weighted by Crippen LogP contribution is -2.26. The van der Waals surface area contributed by atoms with Crippen LogP contribution >= 0.6 is 0 Å². The first-order chi connectivity index (χ1) is 9.75. The zero-order valence-electron chi connectivity index (χ0n) is 10.7. The smallest absolute Gasteiger partial charge is 0.233 e. The summed E-state index contributed by atoms with van der Waals surface area (Å²) in [6, 6.07) is 10.6. The highest BCUT2D eigenvalue weighted by atomic mass is 16.5. The minimum atomic E-state index is -0.290. The molecule has 1 aromatic carbocycles. The number of amides is 1. The largest absolute Gasteiger partial charge is 0.504 e. The van der Waals surface area contributed by atoms with Crippen molar-refractivity contribution in [3.63, 3.8) is 0 Å². The van der Waals surface area contributed by atoms with E-state index in [0.717, 1.165) is 11.3 Å². The molecule has 1 aromatic heterocycles. The van der Waals surface area contributed by atoms with Gasteiger partial charge < -0.3 is 15.2 Å².